The van der Waals surface area contributed by atoms with E-state index in [9.17, 15) is 9.50 Å². The zero-order chi connectivity index (χ0) is 15.2. The molecule has 1 aromatic heterocycles. The number of aromatic nitrogens is 2. The molecule has 0 aliphatic heterocycles. The highest BCUT2D eigenvalue weighted by molar-refractivity contribution is 5.35. The Morgan fingerprint density at radius 2 is 1.81 bits per heavy atom. The lowest BCUT2D eigenvalue weighted by Gasteiger charge is -2.15. The summed E-state index contributed by atoms with van der Waals surface area (Å²) in [4.78, 5) is 8.15. The molecule has 1 aromatic carbocycles. The maximum Gasteiger partial charge on any atom is 0.319 e. The molecule has 0 unspecified atom stereocenters. The molecule has 0 radical (unpaired) electrons. The Labute approximate surface area is 122 Å². The summed E-state index contributed by atoms with van der Waals surface area (Å²) in [5.74, 6) is -0.105. The van der Waals surface area contributed by atoms with Crippen LogP contribution in [-0.4, -0.2) is 28.3 Å². The fourth-order valence-corrected chi connectivity index (χ4v) is 1.82. The molecule has 0 saturated carbocycles. The van der Waals surface area contributed by atoms with Crippen LogP contribution in [0.4, 0.5) is 4.39 Å². The maximum atomic E-state index is 12.9. The summed E-state index contributed by atoms with van der Waals surface area (Å²) in [6.45, 7) is 4.47. The number of ether oxygens (including phenoxy) is 2. The molecule has 0 spiro atoms. The standard InChI is InChI=1S/C15H17FN2O3/c1-3-20-14-12(9-17-15(18-14)21-4-2)13(19)10-5-7-11(16)8-6-10/h5-9,13,19H,3-4H2,1-2H3/t13-/m0/s1. The SMILES string of the molecule is CCOc1ncc([C@@H](O)c2ccc(F)cc2)c(OCC)n1. The summed E-state index contributed by atoms with van der Waals surface area (Å²) < 4.78 is 23.6. The van der Waals surface area contributed by atoms with Crippen LogP contribution in [0.1, 0.15) is 31.1 Å². The van der Waals surface area contributed by atoms with Crippen LogP contribution in [0, 0.1) is 5.82 Å². The molecule has 1 N–H and O–H groups in total. The number of benzene rings is 1. The Bertz CT molecular complexity index is 590. The van der Waals surface area contributed by atoms with E-state index < -0.39 is 6.10 Å². The highest BCUT2D eigenvalue weighted by atomic mass is 19.1. The van der Waals surface area contributed by atoms with Gasteiger partial charge in [0.2, 0.25) is 5.88 Å². The molecule has 0 saturated heterocycles. The molecule has 5 nitrogen and oxygen atoms in total. The Morgan fingerprint density at radius 1 is 1.14 bits per heavy atom. The number of rotatable bonds is 6. The van der Waals surface area contributed by atoms with E-state index in [1.165, 1.54) is 30.5 Å². The van der Waals surface area contributed by atoms with Gasteiger partial charge in [-0.05, 0) is 31.5 Å². The third-order valence-electron chi connectivity index (χ3n) is 2.79. The first-order valence-electron chi connectivity index (χ1n) is 6.71. The lowest BCUT2D eigenvalue weighted by molar-refractivity contribution is 0.206. The fraction of sp³-hybridized carbons (Fsp3) is 0.333. The van der Waals surface area contributed by atoms with E-state index in [0.29, 0.717) is 24.3 Å². The van der Waals surface area contributed by atoms with Gasteiger partial charge in [0.1, 0.15) is 11.9 Å². The first-order valence-corrected chi connectivity index (χ1v) is 6.71. The first kappa shape index (κ1) is 15.2. The smallest absolute Gasteiger partial charge is 0.319 e. The molecule has 2 aromatic rings. The second-order valence-corrected chi connectivity index (χ2v) is 4.23. The molecule has 1 atom stereocenters. The van der Waals surface area contributed by atoms with Gasteiger partial charge in [-0.25, -0.2) is 9.37 Å². The summed E-state index contributed by atoms with van der Waals surface area (Å²) in [7, 11) is 0. The van der Waals surface area contributed by atoms with Crippen molar-refractivity contribution >= 4 is 0 Å². The summed E-state index contributed by atoms with van der Waals surface area (Å²) >= 11 is 0. The van der Waals surface area contributed by atoms with Crippen LogP contribution in [-0.2, 0) is 0 Å². The second kappa shape index (κ2) is 6.99. The third kappa shape index (κ3) is 3.66. The van der Waals surface area contributed by atoms with E-state index in [4.69, 9.17) is 9.47 Å². The maximum absolute atomic E-state index is 12.9. The summed E-state index contributed by atoms with van der Waals surface area (Å²) in [6, 6.07) is 5.78. The van der Waals surface area contributed by atoms with E-state index in [1.807, 2.05) is 13.8 Å². The monoisotopic (exact) mass is 292 g/mol. The minimum absolute atomic E-state index is 0.191. The molecule has 0 amide bonds. The first-order chi connectivity index (χ1) is 10.2. The largest absolute Gasteiger partial charge is 0.478 e. The van der Waals surface area contributed by atoms with Crippen LogP contribution in [0.3, 0.4) is 0 Å². The topological polar surface area (TPSA) is 64.5 Å². The summed E-state index contributed by atoms with van der Waals surface area (Å²) in [6.07, 6.45) is 0.458. The lowest BCUT2D eigenvalue weighted by atomic mass is 10.0. The van der Waals surface area contributed by atoms with Crippen LogP contribution in [0.15, 0.2) is 30.5 Å². The van der Waals surface area contributed by atoms with Gasteiger partial charge in [0.15, 0.2) is 0 Å². The molecule has 0 fully saturated rings. The average Bonchev–Trinajstić information content (AvgIpc) is 2.48. The van der Waals surface area contributed by atoms with Gasteiger partial charge in [-0.2, -0.15) is 4.98 Å². The number of hydrogen-bond donors (Lipinski definition) is 1. The van der Waals surface area contributed by atoms with Gasteiger partial charge in [-0.15, -0.1) is 0 Å². The summed E-state index contributed by atoms with van der Waals surface area (Å²) in [5, 5.41) is 10.4. The van der Waals surface area contributed by atoms with Crippen molar-refractivity contribution in [1.82, 2.24) is 9.97 Å². The van der Waals surface area contributed by atoms with E-state index in [0.717, 1.165) is 0 Å². The number of aliphatic hydroxyl groups excluding tert-OH is 1. The molecule has 0 aliphatic carbocycles. The Kier molecular flexibility index (Phi) is 5.05. The van der Waals surface area contributed by atoms with Gasteiger partial charge in [0, 0.05) is 6.20 Å². The van der Waals surface area contributed by atoms with Crippen molar-refractivity contribution in [3.8, 4) is 11.9 Å². The summed E-state index contributed by atoms with van der Waals surface area (Å²) in [5.41, 5.74) is 0.942. The van der Waals surface area contributed by atoms with Crippen molar-refractivity contribution in [2.45, 2.75) is 20.0 Å². The fourth-order valence-electron chi connectivity index (χ4n) is 1.82. The highest BCUT2D eigenvalue weighted by Crippen LogP contribution is 2.29. The van der Waals surface area contributed by atoms with E-state index in [-0.39, 0.29) is 17.7 Å². The molecule has 2 rings (SSSR count). The number of halogens is 1. The van der Waals surface area contributed by atoms with Crippen molar-refractivity contribution in [2.24, 2.45) is 0 Å². The Hall–Kier alpha value is -2.21. The van der Waals surface area contributed by atoms with E-state index in [1.54, 1.807) is 0 Å². The quantitative estimate of drug-likeness (QED) is 0.886. The molecule has 6 heteroatoms. The zero-order valence-electron chi connectivity index (χ0n) is 11.9. The van der Waals surface area contributed by atoms with Crippen LogP contribution < -0.4 is 9.47 Å². The van der Waals surface area contributed by atoms with Gasteiger partial charge in [0.25, 0.3) is 0 Å². The third-order valence-corrected chi connectivity index (χ3v) is 2.79. The van der Waals surface area contributed by atoms with Gasteiger partial charge < -0.3 is 14.6 Å². The zero-order valence-corrected chi connectivity index (χ0v) is 11.9. The minimum Gasteiger partial charge on any atom is -0.478 e. The van der Waals surface area contributed by atoms with Crippen LogP contribution in [0.2, 0.25) is 0 Å². The molecular weight excluding hydrogens is 275 g/mol. The molecule has 21 heavy (non-hydrogen) atoms. The number of hydrogen-bond acceptors (Lipinski definition) is 5. The van der Waals surface area contributed by atoms with Crippen molar-refractivity contribution in [2.75, 3.05) is 13.2 Å². The predicted octanol–water partition coefficient (Wildman–Crippen LogP) is 2.49. The minimum atomic E-state index is -0.997. The van der Waals surface area contributed by atoms with Gasteiger partial charge in [-0.3, -0.25) is 0 Å². The van der Waals surface area contributed by atoms with Crippen molar-refractivity contribution < 1.29 is 19.0 Å². The highest BCUT2D eigenvalue weighted by Gasteiger charge is 2.19. The number of aliphatic hydroxyl groups is 1. The molecule has 0 bridgehead atoms. The Morgan fingerprint density at radius 3 is 2.43 bits per heavy atom. The molecule has 1 heterocycles. The van der Waals surface area contributed by atoms with E-state index >= 15 is 0 Å². The normalized spacial score (nSPS) is 12.0. The second-order valence-electron chi connectivity index (χ2n) is 4.23. The molecule has 112 valence electrons. The average molecular weight is 292 g/mol. The van der Waals surface area contributed by atoms with Gasteiger partial charge in [-0.1, -0.05) is 12.1 Å². The predicted molar refractivity (Wildman–Crippen MR) is 74.8 cm³/mol. The van der Waals surface area contributed by atoms with Crippen LogP contribution in [0.5, 0.6) is 11.9 Å². The van der Waals surface area contributed by atoms with Gasteiger partial charge >= 0.3 is 6.01 Å². The van der Waals surface area contributed by atoms with Crippen LogP contribution >= 0.6 is 0 Å². The molecular formula is C15H17FN2O3. The number of nitrogens with zero attached hydrogens (tertiary/aromatic N) is 2. The lowest BCUT2D eigenvalue weighted by Crippen LogP contribution is -2.08. The van der Waals surface area contributed by atoms with Crippen LogP contribution in [0.25, 0.3) is 0 Å². The van der Waals surface area contributed by atoms with Crippen molar-refractivity contribution in [1.29, 1.82) is 0 Å². The molecule has 0 aliphatic rings. The van der Waals surface area contributed by atoms with Gasteiger partial charge in [0.05, 0.1) is 18.8 Å². The Balaban J connectivity index is 2.34. The van der Waals surface area contributed by atoms with Crippen molar-refractivity contribution in [3.63, 3.8) is 0 Å². The van der Waals surface area contributed by atoms with Crippen molar-refractivity contribution in [3.05, 3.63) is 47.4 Å². The van der Waals surface area contributed by atoms with E-state index in [2.05, 4.69) is 9.97 Å².